The molecule has 2 fully saturated rings. The quantitative estimate of drug-likeness (QED) is 0.499. The fourth-order valence-corrected chi connectivity index (χ4v) is 4.87. The van der Waals surface area contributed by atoms with Crippen molar-refractivity contribution in [2.45, 2.75) is 33.2 Å². The highest BCUT2D eigenvalue weighted by Crippen LogP contribution is 2.59. The number of halogens is 2. The van der Waals surface area contributed by atoms with E-state index in [0.717, 1.165) is 0 Å². The van der Waals surface area contributed by atoms with E-state index in [1.54, 1.807) is 13.8 Å². The molecule has 0 aromatic heterocycles. The van der Waals surface area contributed by atoms with Crippen LogP contribution in [0.15, 0.2) is 0 Å². The van der Waals surface area contributed by atoms with Crippen molar-refractivity contribution in [3.63, 3.8) is 0 Å². The van der Waals surface area contributed by atoms with Crippen molar-refractivity contribution in [1.82, 2.24) is 4.90 Å². The molecule has 2 aliphatic rings. The number of carbonyl (C=O) groups is 2. The van der Waals surface area contributed by atoms with Crippen LogP contribution in [0.3, 0.4) is 0 Å². The van der Waals surface area contributed by atoms with Crippen molar-refractivity contribution >= 4 is 55.5 Å². The number of hydrogen-bond donors (Lipinski definition) is 0. The van der Waals surface area contributed by atoms with Crippen LogP contribution >= 0.6 is 43.6 Å². The summed E-state index contributed by atoms with van der Waals surface area (Å²) >= 11 is 7.97. The molecule has 0 aromatic rings. The summed E-state index contributed by atoms with van der Waals surface area (Å²) in [6.07, 6.45) is 0. The molecule has 2 aliphatic heterocycles. The van der Waals surface area contributed by atoms with Crippen LogP contribution in [0.5, 0.6) is 0 Å². The van der Waals surface area contributed by atoms with Gasteiger partial charge in [0.05, 0.1) is 12.0 Å². The number of β-lactam (4-membered cyclic amide) rings is 1. The van der Waals surface area contributed by atoms with Crippen LogP contribution in [0.4, 0.5) is 0 Å². The minimum atomic E-state index is -1.20. The molecule has 15 heavy (non-hydrogen) atoms. The number of amides is 1. The second-order valence-electron chi connectivity index (χ2n) is 4.13. The van der Waals surface area contributed by atoms with Gasteiger partial charge in [0, 0.05) is 4.75 Å². The van der Waals surface area contributed by atoms with Gasteiger partial charge in [-0.2, -0.15) is 0 Å². The van der Waals surface area contributed by atoms with Gasteiger partial charge >= 0.3 is 0 Å². The second kappa shape index (κ2) is 3.13. The van der Waals surface area contributed by atoms with E-state index in [9.17, 15) is 14.7 Å². The van der Waals surface area contributed by atoms with E-state index in [-0.39, 0.29) is 11.3 Å². The molecule has 2 saturated heterocycles. The highest BCUT2D eigenvalue weighted by Gasteiger charge is 2.68. The molecule has 0 aromatic carbocycles. The van der Waals surface area contributed by atoms with Crippen molar-refractivity contribution in [2.24, 2.45) is 0 Å². The molecule has 2 heterocycles. The van der Waals surface area contributed by atoms with Crippen molar-refractivity contribution in [1.29, 1.82) is 0 Å². The number of hydrogen-bond acceptors (Lipinski definition) is 4. The van der Waals surface area contributed by atoms with Crippen molar-refractivity contribution in [2.75, 3.05) is 0 Å². The average molecular weight is 358 g/mol. The number of carboxylic acids is 1. The molecule has 2 rings (SSSR count). The average Bonchev–Trinajstić information content (AvgIpc) is 2.35. The van der Waals surface area contributed by atoms with Gasteiger partial charge in [-0.3, -0.25) is 4.79 Å². The minimum Gasteiger partial charge on any atom is -0.548 e. The zero-order valence-electron chi connectivity index (χ0n) is 7.99. The Morgan fingerprint density at radius 1 is 1.53 bits per heavy atom. The lowest BCUT2D eigenvalue weighted by atomic mass is 9.98. The number of nitrogens with zero attached hydrogens (tertiary/aromatic N) is 1. The Kier molecular flexibility index (Phi) is 2.45. The smallest absolute Gasteiger partial charge is 0.254 e. The number of aliphatic carboxylic acids is 1. The van der Waals surface area contributed by atoms with Crippen LogP contribution in [0.2, 0.25) is 0 Å². The predicted molar refractivity (Wildman–Crippen MR) is 61.7 cm³/mol. The predicted octanol–water partition coefficient (Wildman–Crippen LogP) is 0.285. The monoisotopic (exact) mass is 356 g/mol. The SMILES string of the molecule is CC1(C)SC2N(C(=O)C2(Br)Br)C1C(=O)[O-]. The molecular formula is C8H8Br2NO3S-. The summed E-state index contributed by atoms with van der Waals surface area (Å²) in [5, 5.41) is 10.8. The lowest BCUT2D eigenvalue weighted by Crippen LogP contribution is -2.69. The minimum absolute atomic E-state index is 0.192. The summed E-state index contributed by atoms with van der Waals surface area (Å²) in [5.41, 5.74) is 0. The van der Waals surface area contributed by atoms with Crippen LogP contribution in [0, 0.1) is 0 Å². The van der Waals surface area contributed by atoms with E-state index >= 15 is 0 Å². The van der Waals surface area contributed by atoms with Gasteiger partial charge in [0.2, 0.25) is 0 Å². The van der Waals surface area contributed by atoms with Gasteiger partial charge in [-0.15, -0.1) is 11.8 Å². The Morgan fingerprint density at radius 3 is 2.53 bits per heavy atom. The van der Waals surface area contributed by atoms with Gasteiger partial charge in [-0.25, -0.2) is 0 Å². The molecule has 0 radical (unpaired) electrons. The number of carbonyl (C=O) groups excluding carboxylic acids is 2. The summed E-state index contributed by atoms with van der Waals surface area (Å²) in [5.74, 6) is -1.45. The Labute approximate surface area is 108 Å². The zero-order chi connectivity index (χ0) is 11.6. The van der Waals surface area contributed by atoms with Gasteiger partial charge in [-0.1, -0.05) is 31.9 Å². The van der Waals surface area contributed by atoms with Gasteiger partial charge in [-0.05, 0) is 13.8 Å². The summed E-state index contributed by atoms with van der Waals surface area (Å²) < 4.78 is -1.34. The maximum atomic E-state index is 11.7. The molecule has 1 amide bonds. The molecule has 0 bridgehead atoms. The van der Waals surface area contributed by atoms with E-state index in [2.05, 4.69) is 31.9 Å². The molecule has 2 atom stereocenters. The van der Waals surface area contributed by atoms with Crippen molar-refractivity contribution in [3.05, 3.63) is 0 Å². The van der Waals surface area contributed by atoms with Crippen LogP contribution < -0.4 is 5.11 Å². The maximum absolute atomic E-state index is 11.7. The first-order valence-electron chi connectivity index (χ1n) is 4.29. The number of rotatable bonds is 1. The summed E-state index contributed by atoms with van der Waals surface area (Å²) in [4.78, 5) is 24.1. The largest absolute Gasteiger partial charge is 0.548 e. The summed E-state index contributed by atoms with van der Waals surface area (Å²) in [6, 6.07) is -0.858. The molecule has 0 saturated carbocycles. The molecule has 0 N–H and O–H groups in total. The third-order valence-electron chi connectivity index (χ3n) is 2.66. The Balaban J connectivity index is 2.37. The zero-order valence-corrected chi connectivity index (χ0v) is 12.0. The second-order valence-corrected chi connectivity index (χ2v) is 9.43. The highest BCUT2D eigenvalue weighted by molar-refractivity contribution is 9.26. The van der Waals surface area contributed by atoms with Crippen LogP contribution in [0.25, 0.3) is 0 Å². The molecule has 0 aliphatic carbocycles. The topological polar surface area (TPSA) is 60.4 Å². The fourth-order valence-electron chi connectivity index (χ4n) is 1.96. The van der Waals surface area contributed by atoms with E-state index in [1.165, 1.54) is 16.7 Å². The first-order valence-corrected chi connectivity index (χ1v) is 6.75. The number of thioether (sulfide) groups is 1. The van der Waals surface area contributed by atoms with Crippen molar-refractivity contribution < 1.29 is 14.7 Å². The van der Waals surface area contributed by atoms with E-state index < -0.39 is 20.0 Å². The molecule has 0 spiro atoms. The number of carboxylic acid groups (broad SMARTS) is 1. The number of alkyl halides is 2. The van der Waals surface area contributed by atoms with Gasteiger partial charge < -0.3 is 14.8 Å². The Hall–Kier alpha value is 0.250. The lowest BCUT2D eigenvalue weighted by molar-refractivity contribution is -0.312. The maximum Gasteiger partial charge on any atom is 0.254 e. The molecule has 7 heteroatoms. The van der Waals surface area contributed by atoms with Gasteiger partial charge in [0.25, 0.3) is 5.91 Å². The van der Waals surface area contributed by atoms with Gasteiger partial charge in [0.1, 0.15) is 5.37 Å². The summed E-state index contributed by atoms with van der Waals surface area (Å²) in [6.45, 7) is 3.61. The van der Waals surface area contributed by atoms with Crippen LogP contribution in [-0.4, -0.2) is 36.2 Å². The van der Waals surface area contributed by atoms with E-state index in [1.807, 2.05) is 0 Å². The Bertz CT molecular complexity index is 358. The van der Waals surface area contributed by atoms with Crippen LogP contribution in [-0.2, 0) is 9.59 Å². The molecule has 4 nitrogen and oxygen atoms in total. The third kappa shape index (κ3) is 1.39. The lowest BCUT2D eigenvalue weighted by Gasteiger charge is -2.47. The first kappa shape index (κ1) is 11.7. The number of fused-ring (bicyclic) bond motifs is 1. The Morgan fingerprint density at radius 2 is 2.07 bits per heavy atom. The van der Waals surface area contributed by atoms with E-state index in [4.69, 9.17) is 0 Å². The fraction of sp³-hybridized carbons (Fsp3) is 0.750. The van der Waals surface area contributed by atoms with Crippen molar-refractivity contribution in [3.8, 4) is 0 Å². The standard InChI is InChI=1S/C8H9Br2NO3S/c1-7(2)3(4(12)13)11-5(14)8(9,10)6(11)15-7/h3,6H,1-2H3,(H,12,13)/p-1. The third-order valence-corrected chi connectivity index (χ3v) is 6.44. The molecule has 2 unspecified atom stereocenters. The molecular weight excluding hydrogens is 350 g/mol. The van der Waals surface area contributed by atoms with Gasteiger partial charge in [0.15, 0.2) is 3.23 Å². The van der Waals surface area contributed by atoms with E-state index in [0.29, 0.717) is 0 Å². The first-order chi connectivity index (χ1) is 6.69. The normalized spacial score (nSPS) is 36.0. The molecule has 84 valence electrons. The summed E-state index contributed by atoms with van der Waals surface area (Å²) in [7, 11) is 0. The van der Waals surface area contributed by atoms with Crippen LogP contribution in [0.1, 0.15) is 13.8 Å². The highest BCUT2D eigenvalue weighted by atomic mass is 79.9.